The predicted octanol–water partition coefficient (Wildman–Crippen LogP) is 2.78. The second kappa shape index (κ2) is 5.18. The van der Waals surface area contributed by atoms with Gasteiger partial charge in [0, 0.05) is 22.3 Å². The summed E-state index contributed by atoms with van der Waals surface area (Å²) in [5.74, 6) is -0.109. The fraction of sp³-hybridized carbons (Fsp3) is 0.294. The summed E-state index contributed by atoms with van der Waals surface area (Å²) < 4.78 is 2.30. The van der Waals surface area contributed by atoms with Gasteiger partial charge in [-0.25, -0.2) is 0 Å². The molecule has 1 aromatic heterocycles. The van der Waals surface area contributed by atoms with Gasteiger partial charge >= 0.3 is 0 Å². The van der Waals surface area contributed by atoms with Crippen molar-refractivity contribution in [2.24, 2.45) is 5.41 Å². The van der Waals surface area contributed by atoms with Gasteiger partial charge in [-0.3, -0.25) is 9.59 Å². The van der Waals surface area contributed by atoms with Crippen molar-refractivity contribution in [3.05, 3.63) is 68.5 Å². The van der Waals surface area contributed by atoms with Crippen LogP contribution >= 0.6 is 15.9 Å². The van der Waals surface area contributed by atoms with Crippen molar-refractivity contribution in [2.45, 2.75) is 26.0 Å². The van der Waals surface area contributed by atoms with Gasteiger partial charge in [0.15, 0.2) is 5.78 Å². The van der Waals surface area contributed by atoms with Crippen molar-refractivity contribution < 1.29 is 9.90 Å². The monoisotopic (exact) mass is 361 g/mol. The van der Waals surface area contributed by atoms with Gasteiger partial charge in [-0.05, 0) is 43.7 Å². The summed E-state index contributed by atoms with van der Waals surface area (Å²) in [4.78, 5) is 24.9. The van der Waals surface area contributed by atoms with Crippen LogP contribution in [0.2, 0.25) is 0 Å². The molecule has 0 unspecified atom stereocenters. The van der Waals surface area contributed by atoms with Crippen LogP contribution in [-0.2, 0) is 0 Å². The number of aliphatic hydroxyl groups excluding tert-OH is 1. The van der Waals surface area contributed by atoms with E-state index in [1.807, 2.05) is 0 Å². The molecule has 0 aliphatic heterocycles. The molecule has 0 spiro atoms. The predicted molar refractivity (Wildman–Crippen MR) is 87.1 cm³/mol. The van der Waals surface area contributed by atoms with Gasteiger partial charge in [0.25, 0.3) is 5.56 Å². The van der Waals surface area contributed by atoms with Gasteiger partial charge < -0.3 is 9.67 Å². The summed E-state index contributed by atoms with van der Waals surface area (Å²) in [6.07, 6.45) is 0.661. The van der Waals surface area contributed by atoms with E-state index in [1.54, 1.807) is 50.4 Å². The number of carbonyl (C=O) groups is 1. The quantitative estimate of drug-likeness (QED) is 0.849. The molecule has 2 aromatic rings. The first kappa shape index (κ1) is 15.2. The summed E-state index contributed by atoms with van der Waals surface area (Å²) >= 11 is 3.40. The average Bonchev–Trinajstić information content (AvgIpc) is 2.47. The molecule has 0 fully saturated rings. The van der Waals surface area contributed by atoms with Gasteiger partial charge in [-0.1, -0.05) is 22.0 Å². The molecule has 0 radical (unpaired) electrons. The van der Waals surface area contributed by atoms with E-state index in [1.165, 1.54) is 10.6 Å². The molecule has 0 saturated carbocycles. The van der Waals surface area contributed by atoms with Crippen LogP contribution in [0, 0.1) is 5.41 Å². The van der Waals surface area contributed by atoms with E-state index in [2.05, 4.69) is 15.9 Å². The molecule has 0 amide bonds. The number of aliphatic hydroxyl groups is 1. The second-order valence-corrected chi connectivity index (χ2v) is 7.03. The Labute approximate surface area is 136 Å². The Bertz CT molecular complexity index is 810. The number of benzene rings is 1. The zero-order valence-corrected chi connectivity index (χ0v) is 13.9. The molecule has 2 atom stereocenters. The third kappa shape index (κ3) is 2.16. The molecule has 3 rings (SSSR count). The number of nitrogens with zero attached hydrogens (tertiary/aromatic N) is 1. The number of carbonyl (C=O) groups excluding carboxylic acids is 1. The lowest BCUT2D eigenvalue weighted by molar-refractivity contribution is 0.0134. The molecule has 0 bridgehead atoms. The number of fused-ring (bicyclic) bond motifs is 1. The number of aromatic nitrogens is 1. The first-order valence-electron chi connectivity index (χ1n) is 7.03. The first-order chi connectivity index (χ1) is 10.3. The van der Waals surface area contributed by atoms with Gasteiger partial charge in [-0.15, -0.1) is 0 Å². The molecular weight excluding hydrogens is 346 g/mol. The maximum atomic E-state index is 12.7. The van der Waals surface area contributed by atoms with Gasteiger partial charge in [-0.2, -0.15) is 0 Å². The smallest absolute Gasteiger partial charge is 0.251 e. The number of hydrogen-bond donors (Lipinski definition) is 1. The van der Waals surface area contributed by atoms with Gasteiger partial charge in [0.1, 0.15) is 0 Å². The number of rotatable bonds is 1. The Morgan fingerprint density at radius 3 is 2.59 bits per heavy atom. The average molecular weight is 362 g/mol. The number of halogens is 1. The summed E-state index contributed by atoms with van der Waals surface area (Å²) in [5, 5.41) is 10.8. The van der Waals surface area contributed by atoms with Crippen LogP contribution < -0.4 is 5.56 Å². The normalized spacial score (nSPS) is 23.2. The summed E-state index contributed by atoms with van der Waals surface area (Å²) in [7, 11) is 0. The van der Waals surface area contributed by atoms with Crippen molar-refractivity contribution >= 4 is 21.7 Å². The number of ketones is 1. The zero-order valence-electron chi connectivity index (χ0n) is 12.3. The highest BCUT2D eigenvalue weighted by Crippen LogP contribution is 2.43. The lowest BCUT2D eigenvalue weighted by Gasteiger charge is -2.41. The molecule has 0 saturated heterocycles. The highest BCUT2D eigenvalue weighted by Gasteiger charge is 2.48. The van der Waals surface area contributed by atoms with Crippen LogP contribution in [0.25, 0.3) is 0 Å². The van der Waals surface area contributed by atoms with Crippen LogP contribution in [0.15, 0.2) is 51.9 Å². The molecule has 22 heavy (non-hydrogen) atoms. The number of pyridine rings is 1. The van der Waals surface area contributed by atoms with Crippen LogP contribution in [-0.4, -0.2) is 21.6 Å². The van der Waals surface area contributed by atoms with Crippen molar-refractivity contribution in [1.29, 1.82) is 0 Å². The second-order valence-electron chi connectivity index (χ2n) is 6.12. The lowest BCUT2D eigenvalue weighted by Crippen LogP contribution is -2.49. The van der Waals surface area contributed by atoms with E-state index in [0.717, 1.165) is 4.47 Å². The molecule has 1 aliphatic carbocycles. The van der Waals surface area contributed by atoms with E-state index < -0.39 is 17.6 Å². The molecule has 4 nitrogen and oxygen atoms in total. The Hall–Kier alpha value is -1.72. The fourth-order valence-electron chi connectivity index (χ4n) is 3.00. The summed E-state index contributed by atoms with van der Waals surface area (Å²) in [5.41, 5.74) is 0.0576. The molecule has 1 aromatic carbocycles. The van der Waals surface area contributed by atoms with Crippen LogP contribution in [0.5, 0.6) is 0 Å². The minimum atomic E-state index is -0.984. The van der Waals surface area contributed by atoms with Crippen molar-refractivity contribution in [3.8, 4) is 0 Å². The van der Waals surface area contributed by atoms with E-state index >= 15 is 0 Å². The Balaban J connectivity index is 2.32. The maximum absolute atomic E-state index is 12.7. The molecular formula is C17H16BrNO3. The Morgan fingerprint density at radius 2 is 1.91 bits per heavy atom. The van der Waals surface area contributed by atoms with Crippen molar-refractivity contribution in [2.75, 3.05) is 0 Å². The third-order valence-corrected chi connectivity index (χ3v) is 4.84. The van der Waals surface area contributed by atoms with E-state index in [0.29, 0.717) is 11.1 Å². The Kier molecular flexibility index (Phi) is 3.57. The first-order valence-corrected chi connectivity index (χ1v) is 7.83. The van der Waals surface area contributed by atoms with E-state index in [9.17, 15) is 14.7 Å². The summed E-state index contributed by atoms with van der Waals surface area (Å²) in [6, 6.07) is 9.62. The standard InChI is InChI=1S/C17H16BrNO3/c1-17(2)15(21)11-7-6-10(18)9-12(11)14(16(17)22)19-8-4-3-5-13(19)20/h3-9,14,16,22H,1-2H3/t14-,16+/m1/s1. The van der Waals surface area contributed by atoms with Crippen LogP contribution in [0.4, 0.5) is 0 Å². The van der Waals surface area contributed by atoms with E-state index in [-0.39, 0.29) is 11.3 Å². The van der Waals surface area contributed by atoms with E-state index in [4.69, 9.17) is 0 Å². The SMILES string of the molecule is CC1(C)C(=O)c2ccc(Br)cc2[C@@H](n2ccccc2=O)[C@@H]1O. The molecule has 1 N–H and O–H groups in total. The van der Waals surface area contributed by atoms with Crippen LogP contribution in [0.1, 0.15) is 35.8 Å². The largest absolute Gasteiger partial charge is 0.390 e. The molecule has 1 heterocycles. The lowest BCUT2D eigenvalue weighted by atomic mass is 9.68. The molecule has 114 valence electrons. The fourth-order valence-corrected chi connectivity index (χ4v) is 3.38. The Morgan fingerprint density at radius 1 is 1.18 bits per heavy atom. The summed E-state index contributed by atoms with van der Waals surface area (Å²) in [6.45, 7) is 3.43. The number of hydrogen-bond acceptors (Lipinski definition) is 3. The zero-order chi connectivity index (χ0) is 16.1. The minimum absolute atomic E-state index is 0.109. The topological polar surface area (TPSA) is 59.3 Å². The van der Waals surface area contributed by atoms with Crippen molar-refractivity contribution in [3.63, 3.8) is 0 Å². The minimum Gasteiger partial charge on any atom is -0.390 e. The molecule has 1 aliphatic rings. The van der Waals surface area contributed by atoms with Crippen molar-refractivity contribution in [1.82, 2.24) is 4.57 Å². The molecule has 5 heteroatoms. The third-order valence-electron chi connectivity index (χ3n) is 4.35. The van der Waals surface area contributed by atoms with Gasteiger partial charge in [0.05, 0.1) is 17.6 Å². The number of Topliss-reactive ketones (excluding diaryl/α,β-unsaturated/α-hetero) is 1. The van der Waals surface area contributed by atoms with Crippen LogP contribution in [0.3, 0.4) is 0 Å². The van der Waals surface area contributed by atoms with Gasteiger partial charge in [0.2, 0.25) is 0 Å². The maximum Gasteiger partial charge on any atom is 0.251 e. The highest BCUT2D eigenvalue weighted by molar-refractivity contribution is 9.10. The highest BCUT2D eigenvalue weighted by atomic mass is 79.9.